The molecule has 146 valence electrons. The average Bonchev–Trinajstić information content (AvgIpc) is 2.91. The fraction of sp³-hybridized carbons (Fsp3) is 0.474. The largest absolute Gasteiger partial charge is 0.373 e. The lowest BCUT2D eigenvalue weighted by Gasteiger charge is -2.25. The van der Waals surface area contributed by atoms with Crippen LogP contribution in [0.1, 0.15) is 30.2 Å². The van der Waals surface area contributed by atoms with Crippen LogP contribution >= 0.6 is 23.2 Å². The molecule has 0 aliphatic carbocycles. The molecule has 1 aromatic carbocycles. The highest BCUT2D eigenvalue weighted by molar-refractivity contribution is 6.42. The highest BCUT2D eigenvalue weighted by Crippen LogP contribution is 2.34. The number of rotatable bonds is 5. The van der Waals surface area contributed by atoms with E-state index in [2.05, 4.69) is 22.0 Å². The van der Waals surface area contributed by atoms with Crippen LogP contribution in [-0.2, 0) is 20.9 Å². The molecule has 27 heavy (non-hydrogen) atoms. The van der Waals surface area contributed by atoms with E-state index < -0.39 is 0 Å². The third-order valence-corrected chi connectivity index (χ3v) is 5.30. The Morgan fingerprint density at radius 1 is 1.30 bits per heavy atom. The zero-order valence-corrected chi connectivity index (χ0v) is 16.7. The van der Waals surface area contributed by atoms with Crippen LogP contribution in [0, 0.1) is 12.8 Å². The lowest BCUT2D eigenvalue weighted by molar-refractivity contribution is -0.191. The van der Waals surface area contributed by atoms with E-state index in [0.29, 0.717) is 22.6 Å². The van der Waals surface area contributed by atoms with Crippen molar-refractivity contribution in [3.05, 3.63) is 51.8 Å². The summed E-state index contributed by atoms with van der Waals surface area (Å²) in [6, 6.07) is 7.85. The molecule has 0 amide bonds. The minimum Gasteiger partial charge on any atom is -0.372 e. The zero-order chi connectivity index (χ0) is 19.6. The summed E-state index contributed by atoms with van der Waals surface area (Å²) >= 11 is 12.2. The molecule has 2 atom stereocenters. The Morgan fingerprint density at radius 3 is 2.74 bits per heavy atom. The van der Waals surface area contributed by atoms with Gasteiger partial charge in [-0.3, -0.25) is 4.68 Å². The monoisotopic (exact) mass is 411 g/mol. The van der Waals surface area contributed by atoms with Gasteiger partial charge in [-0.15, -0.1) is 0 Å². The van der Waals surface area contributed by atoms with E-state index in [0.717, 1.165) is 38.0 Å². The lowest BCUT2D eigenvalue weighted by atomic mass is 9.91. The van der Waals surface area contributed by atoms with E-state index in [-0.39, 0.29) is 12.3 Å². The Balaban J connectivity index is 0.000000817. The van der Waals surface area contributed by atoms with Gasteiger partial charge in [0.05, 0.1) is 22.8 Å². The van der Waals surface area contributed by atoms with Crippen LogP contribution < -0.4 is 5.32 Å². The first-order valence-corrected chi connectivity index (χ1v) is 9.57. The number of carbonyl (C=O) groups excluding carboxylic acids is 2. The van der Waals surface area contributed by atoms with E-state index >= 15 is 0 Å². The van der Waals surface area contributed by atoms with Crippen LogP contribution in [0.2, 0.25) is 10.0 Å². The number of benzene rings is 1. The molecule has 2 heterocycles. The van der Waals surface area contributed by atoms with E-state index in [1.165, 1.54) is 5.69 Å². The first kappa shape index (κ1) is 21.6. The molecule has 1 aromatic heterocycles. The molecular formula is C19H23Cl2N3O3. The summed E-state index contributed by atoms with van der Waals surface area (Å²) in [6.45, 7) is 5.56. The molecule has 1 N–H and O–H groups in total. The number of aromatic nitrogens is 2. The van der Waals surface area contributed by atoms with Crippen LogP contribution in [0.4, 0.5) is 0 Å². The second kappa shape index (κ2) is 11.2. The molecule has 0 radical (unpaired) electrons. The third-order valence-electron chi connectivity index (χ3n) is 4.56. The number of aryl methyl sites for hydroxylation is 2. The summed E-state index contributed by atoms with van der Waals surface area (Å²) in [5.74, 6) is 0.403. The van der Waals surface area contributed by atoms with Crippen LogP contribution in [0.3, 0.4) is 0 Å². The molecule has 0 spiro atoms. The summed E-state index contributed by atoms with van der Waals surface area (Å²) in [4.78, 5) is 16.2. The van der Waals surface area contributed by atoms with Crippen molar-refractivity contribution in [2.75, 3.05) is 19.7 Å². The quantitative estimate of drug-likeness (QED) is 0.811. The Bertz CT molecular complexity index is 760. The minimum atomic E-state index is 0.0495. The lowest BCUT2D eigenvalue weighted by Crippen LogP contribution is -2.25. The first-order valence-electron chi connectivity index (χ1n) is 8.81. The number of nitrogens with zero attached hydrogens (tertiary/aromatic N) is 2. The Morgan fingerprint density at radius 2 is 2.07 bits per heavy atom. The molecular weight excluding hydrogens is 389 g/mol. The number of ether oxygens (including phenoxy) is 1. The standard InChI is InChI=1S/C18H23Cl2N3O.CO2/c1-13-6-7-22-23(13)9-2-3-15-12-21-8-10-24-18(15)14-4-5-16(19)17(20)11-14;2-1-3/h4-7,11,15,18,21H,2-3,8-10,12H2,1H3;/t15-,18+;/m1./s1. The zero-order valence-electron chi connectivity index (χ0n) is 15.2. The minimum absolute atomic E-state index is 0.0495. The van der Waals surface area contributed by atoms with Gasteiger partial charge >= 0.3 is 6.15 Å². The van der Waals surface area contributed by atoms with Gasteiger partial charge in [0, 0.05) is 37.4 Å². The predicted molar refractivity (Wildman–Crippen MR) is 103 cm³/mol. The molecule has 6 nitrogen and oxygen atoms in total. The second-order valence-electron chi connectivity index (χ2n) is 6.35. The van der Waals surface area contributed by atoms with Gasteiger partial charge in [-0.25, -0.2) is 0 Å². The molecule has 1 aliphatic rings. The van der Waals surface area contributed by atoms with Gasteiger partial charge in [-0.1, -0.05) is 29.3 Å². The van der Waals surface area contributed by atoms with E-state index in [1.54, 1.807) is 0 Å². The molecule has 0 unspecified atom stereocenters. The van der Waals surface area contributed by atoms with Crippen LogP contribution in [0.15, 0.2) is 30.5 Å². The van der Waals surface area contributed by atoms with Crippen molar-refractivity contribution >= 4 is 29.4 Å². The molecule has 1 saturated heterocycles. The first-order chi connectivity index (χ1) is 13.1. The van der Waals surface area contributed by atoms with Gasteiger partial charge in [-0.05, 0) is 43.5 Å². The van der Waals surface area contributed by atoms with Crippen molar-refractivity contribution in [2.24, 2.45) is 5.92 Å². The fourth-order valence-corrected chi connectivity index (χ4v) is 3.54. The number of hydrogen-bond donors (Lipinski definition) is 1. The summed E-state index contributed by atoms with van der Waals surface area (Å²) in [5, 5.41) is 8.99. The fourth-order valence-electron chi connectivity index (χ4n) is 3.24. The number of hydrogen-bond acceptors (Lipinski definition) is 5. The van der Waals surface area contributed by atoms with Crippen molar-refractivity contribution in [3.8, 4) is 0 Å². The molecule has 1 aliphatic heterocycles. The average molecular weight is 412 g/mol. The highest BCUT2D eigenvalue weighted by Gasteiger charge is 2.26. The smallest absolute Gasteiger partial charge is 0.372 e. The molecule has 2 aromatic rings. The topological polar surface area (TPSA) is 73.2 Å². The van der Waals surface area contributed by atoms with E-state index in [4.69, 9.17) is 37.5 Å². The Hall–Kier alpha value is -1.69. The summed E-state index contributed by atoms with van der Waals surface area (Å²) < 4.78 is 8.18. The van der Waals surface area contributed by atoms with Gasteiger partial charge < -0.3 is 10.1 Å². The van der Waals surface area contributed by atoms with Crippen molar-refractivity contribution in [1.82, 2.24) is 15.1 Å². The number of halogens is 2. The van der Waals surface area contributed by atoms with E-state index in [9.17, 15) is 0 Å². The van der Waals surface area contributed by atoms with Gasteiger partial charge in [0.25, 0.3) is 0 Å². The summed E-state index contributed by atoms with van der Waals surface area (Å²) in [7, 11) is 0. The maximum absolute atomic E-state index is 8.12. The van der Waals surface area contributed by atoms with Crippen LogP contribution in [0.5, 0.6) is 0 Å². The van der Waals surface area contributed by atoms with Crippen molar-refractivity contribution in [2.45, 2.75) is 32.4 Å². The maximum atomic E-state index is 8.12. The molecule has 1 fully saturated rings. The SMILES string of the molecule is Cc1ccnn1CCC[C@@H]1CNCCO[C@H]1c1ccc(Cl)c(Cl)c1.O=C=O. The highest BCUT2D eigenvalue weighted by atomic mass is 35.5. The van der Waals surface area contributed by atoms with Gasteiger partial charge in [0.1, 0.15) is 0 Å². The van der Waals surface area contributed by atoms with Crippen molar-refractivity contribution < 1.29 is 14.3 Å². The Kier molecular flexibility index (Phi) is 8.98. The van der Waals surface area contributed by atoms with Gasteiger partial charge in [0.2, 0.25) is 0 Å². The van der Waals surface area contributed by atoms with Crippen LogP contribution in [0.25, 0.3) is 0 Å². The third kappa shape index (κ3) is 6.45. The maximum Gasteiger partial charge on any atom is 0.373 e. The van der Waals surface area contributed by atoms with Gasteiger partial charge in [-0.2, -0.15) is 14.7 Å². The molecule has 0 bridgehead atoms. The normalized spacial score (nSPS) is 19.5. The van der Waals surface area contributed by atoms with Gasteiger partial charge in [0.15, 0.2) is 0 Å². The molecule has 0 saturated carbocycles. The van der Waals surface area contributed by atoms with Crippen molar-refractivity contribution in [3.63, 3.8) is 0 Å². The second-order valence-corrected chi connectivity index (χ2v) is 7.16. The molecule has 8 heteroatoms. The van der Waals surface area contributed by atoms with Crippen molar-refractivity contribution in [1.29, 1.82) is 0 Å². The summed E-state index contributed by atoms with van der Waals surface area (Å²) in [5.41, 5.74) is 2.31. The van der Waals surface area contributed by atoms with E-state index in [1.807, 2.05) is 30.5 Å². The number of nitrogens with one attached hydrogen (secondary N) is 1. The predicted octanol–water partition coefficient (Wildman–Crippen LogP) is 3.67. The molecule has 3 rings (SSSR count). The summed E-state index contributed by atoms with van der Waals surface area (Å²) in [6.07, 6.45) is 4.28. The van der Waals surface area contributed by atoms with Crippen LogP contribution in [-0.4, -0.2) is 35.6 Å². The Labute approximate surface area is 168 Å².